The van der Waals surface area contributed by atoms with Crippen molar-refractivity contribution in [2.45, 2.75) is 12.8 Å². The Labute approximate surface area is 149 Å². The lowest BCUT2D eigenvalue weighted by atomic mass is 9.95. The smallest absolute Gasteiger partial charge is 0.274 e. The fraction of sp³-hybridized carbons (Fsp3) is 0.235. The van der Waals surface area contributed by atoms with Gasteiger partial charge in [0, 0.05) is 49.9 Å². The second-order valence-electron chi connectivity index (χ2n) is 5.92. The molecule has 0 aromatic carbocycles. The van der Waals surface area contributed by atoms with Crippen LogP contribution in [-0.2, 0) is 0 Å². The summed E-state index contributed by atoms with van der Waals surface area (Å²) in [5.74, 6) is 1.81. The fourth-order valence-electron chi connectivity index (χ4n) is 2.75. The zero-order valence-electron chi connectivity index (χ0n) is 14.1. The maximum atomic E-state index is 12.3. The van der Waals surface area contributed by atoms with Crippen LogP contribution in [0.1, 0.15) is 27.9 Å². The zero-order valence-corrected chi connectivity index (χ0v) is 14.1. The number of hydrogen-bond donors (Lipinski definition) is 1. The summed E-state index contributed by atoms with van der Waals surface area (Å²) in [5, 5.41) is 3.08. The lowest BCUT2D eigenvalue weighted by molar-refractivity contribution is 0.0592. The minimum absolute atomic E-state index is 0.115. The first-order valence-electron chi connectivity index (χ1n) is 8.14. The monoisotopic (exact) mass is 348 g/mol. The summed E-state index contributed by atoms with van der Waals surface area (Å²) in [6.45, 7) is 3.02. The molecule has 9 heteroatoms. The Hall–Kier alpha value is -3.49. The normalized spacial score (nSPS) is 14.0. The number of carbonyl (C=O) groups is 1. The van der Waals surface area contributed by atoms with Gasteiger partial charge in [0.25, 0.3) is 5.91 Å². The second-order valence-corrected chi connectivity index (χ2v) is 5.92. The van der Waals surface area contributed by atoms with E-state index in [-0.39, 0.29) is 11.8 Å². The van der Waals surface area contributed by atoms with Gasteiger partial charge in [-0.25, -0.2) is 24.9 Å². The molecule has 3 aromatic heterocycles. The first kappa shape index (κ1) is 16.0. The molecule has 1 amide bonds. The van der Waals surface area contributed by atoms with E-state index in [9.17, 15) is 4.79 Å². The standard InChI is InChI=1S/C17H16N8O/c1-11-22-13(7-15(23-11)24-17-20-3-2-4-21-17)12-9-25(10-12)16(26)14-8-18-5-6-19-14/h2-8,12H,9-10H2,1H3,(H,20,21,22,23,24). The quantitative estimate of drug-likeness (QED) is 0.752. The number of nitrogens with zero attached hydrogens (tertiary/aromatic N) is 7. The molecule has 26 heavy (non-hydrogen) atoms. The molecule has 1 aliphatic heterocycles. The van der Waals surface area contributed by atoms with E-state index < -0.39 is 0 Å². The second kappa shape index (κ2) is 6.79. The molecule has 0 bridgehead atoms. The first-order valence-corrected chi connectivity index (χ1v) is 8.14. The van der Waals surface area contributed by atoms with Crippen LogP contribution in [0.5, 0.6) is 0 Å². The van der Waals surface area contributed by atoms with Crippen LogP contribution in [-0.4, -0.2) is 53.8 Å². The number of nitrogens with one attached hydrogen (secondary N) is 1. The average molecular weight is 348 g/mol. The highest BCUT2D eigenvalue weighted by Crippen LogP contribution is 2.28. The molecule has 0 spiro atoms. The molecule has 0 radical (unpaired) electrons. The number of hydrogen-bond acceptors (Lipinski definition) is 8. The van der Waals surface area contributed by atoms with Crippen LogP contribution in [0.2, 0.25) is 0 Å². The molecule has 0 saturated carbocycles. The predicted molar refractivity (Wildman–Crippen MR) is 92.8 cm³/mol. The van der Waals surface area contributed by atoms with Crippen molar-refractivity contribution in [2.75, 3.05) is 18.4 Å². The van der Waals surface area contributed by atoms with Crippen molar-refractivity contribution < 1.29 is 4.79 Å². The van der Waals surface area contributed by atoms with E-state index in [1.54, 1.807) is 29.6 Å². The topological polar surface area (TPSA) is 110 Å². The molecular formula is C17H16N8O. The molecule has 0 aliphatic carbocycles. The number of rotatable bonds is 4. The molecule has 130 valence electrons. The van der Waals surface area contributed by atoms with E-state index in [4.69, 9.17) is 0 Å². The van der Waals surface area contributed by atoms with Crippen molar-refractivity contribution in [3.8, 4) is 0 Å². The van der Waals surface area contributed by atoms with Gasteiger partial charge in [0.2, 0.25) is 5.95 Å². The molecule has 0 unspecified atom stereocenters. The van der Waals surface area contributed by atoms with E-state index in [2.05, 4.69) is 35.2 Å². The summed E-state index contributed by atoms with van der Waals surface area (Å²) >= 11 is 0. The van der Waals surface area contributed by atoms with Gasteiger partial charge in [-0.1, -0.05) is 0 Å². The van der Waals surface area contributed by atoms with E-state index in [1.807, 2.05) is 13.0 Å². The van der Waals surface area contributed by atoms with Crippen LogP contribution in [0.3, 0.4) is 0 Å². The van der Waals surface area contributed by atoms with Crippen LogP contribution in [0, 0.1) is 6.92 Å². The van der Waals surface area contributed by atoms with Crippen molar-refractivity contribution >= 4 is 17.7 Å². The van der Waals surface area contributed by atoms with Gasteiger partial charge in [-0.2, -0.15) is 0 Å². The third-order valence-corrected chi connectivity index (χ3v) is 4.03. The van der Waals surface area contributed by atoms with Crippen molar-refractivity contribution in [3.63, 3.8) is 0 Å². The van der Waals surface area contributed by atoms with Crippen LogP contribution >= 0.6 is 0 Å². The van der Waals surface area contributed by atoms with Crippen molar-refractivity contribution in [1.82, 2.24) is 34.8 Å². The van der Waals surface area contributed by atoms with Crippen molar-refractivity contribution in [3.05, 3.63) is 60.3 Å². The van der Waals surface area contributed by atoms with Gasteiger partial charge >= 0.3 is 0 Å². The third kappa shape index (κ3) is 3.32. The number of likely N-dealkylation sites (tertiary alicyclic amines) is 1. The number of aryl methyl sites for hydroxylation is 1. The van der Waals surface area contributed by atoms with Gasteiger partial charge in [-0.05, 0) is 13.0 Å². The van der Waals surface area contributed by atoms with Crippen LogP contribution in [0.25, 0.3) is 0 Å². The summed E-state index contributed by atoms with van der Waals surface area (Å²) in [6, 6.07) is 3.62. The van der Waals surface area contributed by atoms with Gasteiger partial charge in [0.1, 0.15) is 17.3 Å². The highest BCUT2D eigenvalue weighted by Gasteiger charge is 2.34. The van der Waals surface area contributed by atoms with Crippen molar-refractivity contribution in [1.29, 1.82) is 0 Å². The van der Waals surface area contributed by atoms with Gasteiger partial charge in [-0.15, -0.1) is 0 Å². The first-order chi connectivity index (χ1) is 12.7. The minimum atomic E-state index is -0.115. The van der Waals surface area contributed by atoms with Gasteiger partial charge < -0.3 is 10.2 Å². The summed E-state index contributed by atoms with van der Waals surface area (Å²) in [5.41, 5.74) is 1.24. The molecular weight excluding hydrogens is 332 g/mol. The summed E-state index contributed by atoms with van der Waals surface area (Å²) in [7, 11) is 0. The SMILES string of the molecule is Cc1nc(Nc2ncccn2)cc(C2CN(C(=O)c3cnccn3)C2)n1. The lowest BCUT2D eigenvalue weighted by Crippen LogP contribution is -2.49. The van der Waals surface area contributed by atoms with Gasteiger partial charge in [0.05, 0.1) is 11.9 Å². The Morgan fingerprint density at radius 3 is 2.65 bits per heavy atom. The van der Waals surface area contributed by atoms with Crippen molar-refractivity contribution in [2.24, 2.45) is 0 Å². The minimum Gasteiger partial charge on any atom is -0.336 e. The van der Waals surface area contributed by atoms with E-state index >= 15 is 0 Å². The Morgan fingerprint density at radius 2 is 1.92 bits per heavy atom. The molecule has 9 nitrogen and oxygen atoms in total. The maximum Gasteiger partial charge on any atom is 0.274 e. The summed E-state index contributed by atoms with van der Waals surface area (Å²) in [6.07, 6.45) is 7.86. The highest BCUT2D eigenvalue weighted by atomic mass is 16.2. The Balaban J connectivity index is 1.45. The zero-order chi connectivity index (χ0) is 17.9. The summed E-state index contributed by atoms with van der Waals surface area (Å²) < 4.78 is 0. The van der Waals surface area contributed by atoms with E-state index in [1.165, 1.54) is 12.4 Å². The third-order valence-electron chi connectivity index (χ3n) is 4.03. The van der Waals surface area contributed by atoms with Crippen LogP contribution in [0.15, 0.2) is 43.1 Å². The highest BCUT2D eigenvalue weighted by molar-refractivity contribution is 5.92. The summed E-state index contributed by atoms with van der Waals surface area (Å²) in [4.78, 5) is 39.2. The van der Waals surface area contributed by atoms with Gasteiger partial charge in [-0.3, -0.25) is 9.78 Å². The maximum absolute atomic E-state index is 12.3. The molecule has 1 fully saturated rings. The largest absolute Gasteiger partial charge is 0.336 e. The number of aromatic nitrogens is 6. The number of anilines is 2. The molecule has 4 heterocycles. The Morgan fingerprint density at radius 1 is 1.12 bits per heavy atom. The number of amides is 1. The fourth-order valence-corrected chi connectivity index (χ4v) is 2.75. The molecule has 1 saturated heterocycles. The molecule has 1 aliphatic rings. The predicted octanol–water partition coefficient (Wildman–Crippen LogP) is 1.35. The molecule has 0 atom stereocenters. The number of carbonyl (C=O) groups excluding carboxylic acids is 1. The Bertz CT molecular complexity index is 913. The Kier molecular flexibility index (Phi) is 4.18. The lowest BCUT2D eigenvalue weighted by Gasteiger charge is -2.38. The van der Waals surface area contributed by atoms with Gasteiger partial charge in [0.15, 0.2) is 0 Å². The molecule has 1 N–H and O–H groups in total. The molecule has 4 rings (SSSR count). The van der Waals surface area contributed by atoms with Crippen LogP contribution < -0.4 is 5.32 Å². The molecule has 3 aromatic rings. The average Bonchev–Trinajstić information content (AvgIpc) is 2.61. The van der Waals surface area contributed by atoms with E-state index in [0.29, 0.717) is 36.4 Å². The van der Waals surface area contributed by atoms with E-state index in [0.717, 1.165) is 5.69 Å². The van der Waals surface area contributed by atoms with Crippen LogP contribution in [0.4, 0.5) is 11.8 Å².